The molecular weight excluding hydrogens is 587 g/mol. The van der Waals surface area contributed by atoms with Crippen LogP contribution in [0.2, 0.25) is 0 Å². The molecule has 0 atom stereocenters. The van der Waals surface area contributed by atoms with Gasteiger partial charge >= 0.3 is 0 Å². The Morgan fingerprint density at radius 1 is 0.816 bits per heavy atom. The van der Waals surface area contributed by atoms with Gasteiger partial charge in [0.2, 0.25) is 11.6 Å². The first-order valence-electron chi connectivity index (χ1n) is 14.6. The molecule has 0 saturated carbocycles. The zero-order valence-electron chi connectivity index (χ0n) is 24.4. The highest BCUT2D eigenvalue weighted by molar-refractivity contribution is 5.73. The summed E-state index contributed by atoms with van der Waals surface area (Å²) in [5.41, 5.74) is 2.09. The SMILES string of the molecule is CCCCCCCCCCCCCCOc1c(CN(Cc2cccc[n+]2CC)C(C)=O)cccc1OC.[I-]. The van der Waals surface area contributed by atoms with Gasteiger partial charge in [-0.2, -0.15) is 0 Å². The molecule has 0 unspecified atom stereocenters. The molecule has 1 amide bonds. The Morgan fingerprint density at radius 2 is 1.45 bits per heavy atom. The lowest BCUT2D eigenvalue weighted by atomic mass is 10.1. The van der Waals surface area contributed by atoms with E-state index in [0.717, 1.165) is 35.7 Å². The minimum Gasteiger partial charge on any atom is -1.00 e. The highest BCUT2D eigenvalue weighted by Crippen LogP contribution is 2.32. The molecule has 1 aromatic heterocycles. The molecule has 2 rings (SSSR count). The monoisotopic (exact) mass is 638 g/mol. The van der Waals surface area contributed by atoms with Gasteiger partial charge in [0.25, 0.3) is 0 Å². The fraction of sp³-hybridized carbons (Fsp3) is 0.625. The summed E-state index contributed by atoms with van der Waals surface area (Å²) in [6.45, 7) is 8.60. The van der Waals surface area contributed by atoms with Crippen molar-refractivity contribution in [2.45, 2.75) is 117 Å². The van der Waals surface area contributed by atoms with Gasteiger partial charge in [0, 0.05) is 24.6 Å². The number of pyridine rings is 1. The summed E-state index contributed by atoms with van der Waals surface area (Å²) in [5.74, 6) is 1.53. The molecule has 0 N–H and O–H groups in total. The van der Waals surface area contributed by atoms with E-state index >= 15 is 0 Å². The molecule has 0 aliphatic rings. The normalized spacial score (nSPS) is 10.6. The van der Waals surface area contributed by atoms with E-state index in [1.807, 2.05) is 35.2 Å². The van der Waals surface area contributed by atoms with Crippen molar-refractivity contribution in [2.24, 2.45) is 0 Å². The molecule has 0 bridgehead atoms. The fourth-order valence-corrected chi connectivity index (χ4v) is 4.77. The summed E-state index contributed by atoms with van der Waals surface area (Å²) in [7, 11) is 1.67. The predicted molar refractivity (Wildman–Crippen MR) is 152 cm³/mol. The van der Waals surface area contributed by atoms with Gasteiger partial charge in [0.05, 0.1) is 20.3 Å². The van der Waals surface area contributed by atoms with Crippen molar-refractivity contribution in [3.8, 4) is 11.5 Å². The molecule has 0 spiro atoms. The number of para-hydroxylation sites is 1. The van der Waals surface area contributed by atoms with Crippen LogP contribution in [0.4, 0.5) is 0 Å². The lowest BCUT2D eigenvalue weighted by Gasteiger charge is -2.22. The number of aryl methyl sites for hydroxylation is 1. The van der Waals surface area contributed by atoms with E-state index in [2.05, 4.69) is 30.7 Å². The van der Waals surface area contributed by atoms with Gasteiger partial charge in [-0.1, -0.05) is 95.8 Å². The highest BCUT2D eigenvalue weighted by atomic mass is 127. The van der Waals surface area contributed by atoms with Crippen LogP contribution in [0.15, 0.2) is 42.6 Å². The molecule has 0 fully saturated rings. The van der Waals surface area contributed by atoms with Gasteiger partial charge in [-0.3, -0.25) is 4.79 Å². The Morgan fingerprint density at radius 3 is 2.03 bits per heavy atom. The average Bonchev–Trinajstić information content (AvgIpc) is 2.91. The second kappa shape index (κ2) is 21.0. The molecule has 0 aliphatic carbocycles. The van der Waals surface area contributed by atoms with Crippen molar-refractivity contribution < 1.29 is 42.8 Å². The maximum atomic E-state index is 12.5. The van der Waals surface area contributed by atoms with E-state index in [1.54, 1.807) is 14.0 Å². The van der Waals surface area contributed by atoms with Crippen molar-refractivity contribution in [1.82, 2.24) is 4.90 Å². The molecule has 0 saturated heterocycles. The number of nitrogens with zero attached hydrogens (tertiary/aromatic N) is 2. The third-order valence-electron chi connectivity index (χ3n) is 7.06. The Labute approximate surface area is 249 Å². The number of methoxy groups -OCH3 is 1. The fourth-order valence-electron chi connectivity index (χ4n) is 4.77. The van der Waals surface area contributed by atoms with Gasteiger partial charge in [-0.15, -0.1) is 0 Å². The summed E-state index contributed by atoms with van der Waals surface area (Å²) in [5, 5.41) is 0. The number of ether oxygens (including phenoxy) is 2. The molecule has 1 heterocycles. The number of carbonyl (C=O) groups is 1. The molecule has 6 heteroatoms. The van der Waals surface area contributed by atoms with Gasteiger partial charge in [0.15, 0.2) is 17.7 Å². The van der Waals surface area contributed by atoms with Crippen LogP contribution in [0.25, 0.3) is 0 Å². The zero-order chi connectivity index (χ0) is 26.7. The first-order valence-corrected chi connectivity index (χ1v) is 14.6. The van der Waals surface area contributed by atoms with E-state index in [-0.39, 0.29) is 29.9 Å². The molecule has 214 valence electrons. The zero-order valence-corrected chi connectivity index (χ0v) is 26.5. The van der Waals surface area contributed by atoms with Gasteiger partial charge < -0.3 is 38.4 Å². The first kappa shape index (κ1) is 34.2. The second-order valence-electron chi connectivity index (χ2n) is 10.0. The van der Waals surface area contributed by atoms with E-state index in [0.29, 0.717) is 19.7 Å². The maximum absolute atomic E-state index is 12.5. The van der Waals surface area contributed by atoms with Crippen LogP contribution in [0.3, 0.4) is 0 Å². The average molecular weight is 639 g/mol. The summed E-state index contributed by atoms with van der Waals surface area (Å²) < 4.78 is 14.0. The third kappa shape index (κ3) is 12.8. The third-order valence-corrected chi connectivity index (χ3v) is 7.06. The Balaban J connectivity index is 0.00000722. The smallest absolute Gasteiger partial charge is 0.220 e. The molecule has 0 radical (unpaired) electrons. The molecule has 2 aromatic rings. The summed E-state index contributed by atoms with van der Waals surface area (Å²) >= 11 is 0. The van der Waals surface area contributed by atoms with Crippen LogP contribution in [0, 0.1) is 0 Å². The number of halogens is 1. The quantitative estimate of drug-likeness (QED) is 0.121. The summed E-state index contributed by atoms with van der Waals surface area (Å²) in [6.07, 6.45) is 17.9. The summed E-state index contributed by atoms with van der Waals surface area (Å²) in [4.78, 5) is 14.4. The lowest BCUT2D eigenvalue weighted by molar-refractivity contribution is -0.701. The lowest BCUT2D eigenvalue weighted by Crippen LogP contribution is -3.00. The number of hydrogen-bond acceptors (Lipinski definition) is 3. The van der Waals surface area contributed by atoms with Crippen LogP contribution in [-0.2, 0) is 24.4 Å². The highest BCUT2D eigenvalue weighted by Gasteiger charge is 2.20. The summed E-state index contributed by atoms with van der Waals surface area (Å²) in [6, 6.07) is 12.1. The minimum atomic E-state index is 0. The van der Waals surface area contributed by atoms with E-state index in [1.165, 1.54) is 70.6 Å². The van der Waals surface area contributed by atoms with Crippen molar-refractivity contribution in [3.63, 3.8) is 0 Å². The van der Waals surface area contributed by atoms with Crippen LogP contribution >= 0.6 is 0 Å². The Bertz CT molecular complexity index is 906. The number of aromatic nitrogens is 1. The van der Waals surface area contributed by atoms with Gasteiger partial charge in [-0.05, 0) is 19.4 Å². The Hall–Kier alpha value is -1.83. The largest absolute Gasteiger partial charge is 1.00 e. The molecular formula is C32H51IN2O3. The van der Waals surface area contributed by atoms with E-state index in [9.17, 15) is 4.79 Å². The number of amides is 1. The second-order valence-corrected chi connectivity index (χ2v) is 10.0. The van der Waals surface area contributed by atoms with E-state index in [4.69, 9.17) is 9.47 Å². The maximum Gasteiger partial charge on any atom is 0.220 e. The van der Waals surface area contributed by atoms with E-state index < -0.39 is 0 Å². The van der Waals surface area contributed by atoms with Crippen LogP contribution < -0.4 is 38.0 Å². The van der Waals surface area contributed by atoms with Gasteiger partial charge in [0.1, 0.15) is 13.1 Å². The topological polar surface area (TPSA) is 42.7 Å². The molecule has 5 nitrogen and oxygen atoms in total. The molecule has 38 heavy (non-hydrogen) atoms. The van der Waals surface area contributed by atoms with Crippen molar-refractivity contribution >= 4 is 5.91 Å². The number of carbonyl (C=O) groups excluding carboxylic acids is 1. The van der Waals surface area contributed by atoms with Crippen molar-refractivity contribution in [3.05, 3.63) is 53.9 Å². The van der Waals surface area contributed by atoms with Crippen molar-refractivity contribution in [1.29, 1.82) is 0 Å². The predicted octanol–water partition coefficient (Wildman–Crippen LogP) is 4.64. The standard InChI is InChI=1S/C32H51N2O3.HI/c1-5-7-8-9-10-11-12-13-14-15-16-19-25-37-32-29(21-20-23-31(32)36-4)26-34(28(3)35)27-30-22-17-18-24-33(30)6-2;/h17-18,20-24H,5-16,19,25-27H2,1-4H3;1H/q+1;/p-1. The van der Waals surface area contributed by atoms with Crippen LogP contribution in [0.1, 0.15) is 109 Å². The van der Waals surface area contributed by atoms with Crippen LogP contribution in [0.5, 0.6) is 11.5 Å². The van der Waals surface area contributed by atoms with Crippen LogP contribution in [-0.4, -0.2) is 24.5 Å². The van der Waals surface area contributed by atoms with Gasteiger partial charge in [-0.25, -0.2) is 4.57 Å². The molecule has 0 aliphatic heterocycles. The number of rotatable bonds is 20. The molecule has 1 aromatic carbocycles. The Kier molecular flexibility index (Phi) is 18.9. The minimum absolute atomic E-state index is 0. The number of hydrogen-bond donors (Lipinski definition) is 0. The van der Waals surface area contributed by atoms with Crippen molar-refractivity contribution in [2.75, 3.05) is 13.7 Å². The number of benzene rings is 1. The first-order chi connectivity index (χ1) is 18.1. The number of unbranched alkanes of at least 4 members (excludes halogenated alkanes) is 11.